The van der Waals surface area contributed by atoms with E-state index in [1.165, 1.54) is 11.1 Å². The Morgan fingerprint density at radius 2 is 1.64 bits per heavy atom. The fraction of sp³-hybridized carbons (Fsp3) is 0.316. The van der Waals surface area contributed by atoms with Gasteiger partial charge >= 0.3 is 0 Å². The monoisotopic (exact) mass is 295 g/mol. The highest BCUT2D eigenvalue weighted by atomic mass is 16.5. The molecule has 1 aliphatic heterocycles. The molecule has 2 aromatic carbocycles. The van der Waals surface area contributed by atoms with Gasteiger partial charge in [-0.15, -0.1) is 0 Å². The quantitative estimate of drug-likeness (QED) is 0.920. The fourth-order valence-electron chi connectivity index (χ4n) is 2.92. The molecule has 1 atom stereocenters. The van der Waals surface area contributed by atoms with Crippen molar-refractivity contribution in [2.45, 2.75) is 24.8 Å². The number of rotatable bonds is 5. The van der Waals surface area contributed by atoms with Crippen molar-refractivity contribution in [1.29, 1.82) is 0 Å². The Balaban J connectivity index is 1.75. The van der Waals surface area contributed by atoms with Crippen LogP contribution >= 0.6 is 0 Å². The van der Waals surface area contributed by atoms with E-state index in [-0.39, 0.29) is 17.9 Å². The zero-order valence-corrected chi connectivity index (χ0v) is 12.6. The predicted octanol–water partition coefficient (Wildman–Crippen LogP) is 3.11. The number of benzene rings is 2. The van der Waals surface area contributed by atoms with Crippen LogP contribution in [0.5, 0.6) is 0 Å². The van der Waals surface area contributed by atoms with Gasteiger partial charge in [0.2, 0.25) is 5.91 Å². The highest BCUT2D eigenvalue weighted by Crippen LogP contribution is 2.27. The normalized spacial score (nSPS) is 17.6. The van der Waals surface area contributed by atoms with E-state index in [2.05, 4.69) is 29.6 Å². The van der Waals surface area contributed by atoms with Gasteiger partial charge in [-0.05, 0) is 17.5 Å². The van der Waals surface area contributed by atoms with Gasteiger partial charge in [0.1, 0.15) is 0 Å². The summed E-state index contributed by atoms with van der Waals surface area (Å²) in [6, 6.07) is 20.6. The molecular formula is C19H21NO2. The number of hydrogen-bond acceptors (Lipinski definition) is 2. The summed E-state index contributed by atoms with van der Waals surface area (Å²) in [7, 11) is 0. The summed E-state index contributed by atoms with van der Waals surface area (Å²) >= 11 is 0. The van der Waals surface area contributed by atoms with Gasteiger partial charge in [0.15, 0.2) is 0 Å². The Hall–Kier alpha value is -2.13. The molecule has 1 heterocycles. The standard InChI is InChI=1S/C19H21NO2/c21-19(20-17-11-12-22-14-17)13-18(15-7-3-1-4-8-15)16-9-5-2-6-10-16/h1-10,17-18H,11-14H2,(H,20,21)/t17-/m1/s1. The number of carbonyl (C=O) groups is 1. The number of carbonyl (C=O) groups excluding carboxylic acids is 1. The van der Waals surface area contributed by atoms with Gasteiger partial charge in [-0.1, -0.05) is 60.7 Å². The summed E-state index contributed by atoms with van der Waals surface area (Å²) in [6.07, 6.45) is 1.37. The maximum absolute atomic E-state index is 12.4. The maximum atomic E-state index is 12.4. The molecule has 0 bridgehead atoms. The third-order valence-corrected chi connectivity index (χ3v) is 4.09. The van der Waals surface area contributed by atoms with Crippen LogP contribution in [0.2, 0.25) is 0 Å². The van der Waals surface area contributed by atoms with E-state index in [4.69, 9.17) is 4.74 Å². The van der Waals surface area contributed by atoms with Crippen LogP contribution in [0.4, 0.5) is 0 Å². The smallest absolute Gasteiger partial charge is 0.221 e. The minimum Gasteiger partial charge on any atom is -0.379 e. The molecule has 3 nitrogen and oxygen atoms in total. The lowest BCUT2D eigenvalue weighted by Crippen LogP contribution is -2.35. The average molecular weight is 295 g/mol. The molecule has 0 saturated carbocycles. The van der Waals surface area contributed by atoms with Crippen molar-refractivity contribution in [2.75, 3.05) is 13.2 Å². The second-order valence-electron chi connectivity index (χ2n) is 5.71. The van der Waals surface area contributed by atoms with Gasteiger partial charge < -0.3 is 10.1 Å². The zero-order valence-electron chi connectivity index (χ0n) is 12.6. The van der Waals surface area contributed by atoms with E-state index >= 15 is 0 Å². The van der Waals surface area contributed by atoms with Crippen LogP contribution in [0.1, 0.15) is 29.9 Å². The molecule has 22 heavy (non-hydrogen) atoms. The molecule has 0 spiro atoms. The number of amides is 1. The Morgan fingerprint density at radius 1 is 1.05 bits per heavy atom. The first-order valence-electron chi connectivity index (χ1n) is 7.80. The lowest BCUT2D eigenvalue weighted by molar-refractivity contribution is -0.122. The van der Waals surface area contributed by atoms with Crippen molar-refractivity contribution in [3.05, 3.63) is 71.8 Å². The van der Waals surface area contributed by atoms with Crippen LogP contribution in [0.25, 0.3) is 0 Å². The molecule has 3 rings (SSSR count). The first kappa shape index (κ1) is 14.8. The van der Waals surface area contributed by atoms with Crippen LogP contribution in [-0.4, -0.2) is 25.2 Å². The lowest BCUT2D eigenvalue weighted by Gasteiger charge is -2.19. The Labute approximate surface area is 131 Å². The molecule has 0 aliphatic carbocycles. The Bertz CT molecular complexity index is 552. The van der Waals surface area contributed by atoms with E-state index in [9.17, 15) is 4.79 Å². The number of hydrogen-bond donors (Lipinski definition) is 1. The van der Waals surface area contributed by atoms with Gasteiger partial charge in [-0.2, -0.15) is 0 Å². The van der Waals surface area contributed by atoms with Crippen LogP contribution in [0.15, 0.2) is 60.7 Å². The van der Waals surface area contributed by atoms with Gasteiger partial charge in [-0.25, -0.2) is 0 Å². The molecule has 1 fully saturated rings. The molecular weight excluding hydrogens is 274 g/mol. The third-order valence-electron chi connectivity index (χ3n) is 4.09. The van der Waals surface area contributed by atoms with E-state index in [0.717, 1.165) is 13.0 Å². The van der Waals surface area contributed by atoms with Gasteiger partial charge in [0.25, 0.3) is 0 Å². The van der Waals surface area contributed by atoms with E-state index < -0.39 is 0 Å². The second kappa shape index (κ2) is 7.23. The number of ether oxygens (including phenoxy) is 1. The van der Waals surface area contributed by atoms with Crippen molar-refractivity contribution >= 4 is 5.91 Å². The minimum absolute atomic E-state index is 0.0877. The fourth-order valence-corrected chi connectivity index (χ4v) is 2.92. The largest absolute Gasteiger partial charge is 0.379 e. The predicted molar refractivity (Wildman–Crippen MR) is 86.7 cm³/mol. The topological polar surface area (TPSA) is 38.3 Å². The molecule has 114 valence electrons. The van der Waals surface area contributed by atoms with Crippen LogP contribution in [-0.2, 0) is 9.53 Å². The summed E-state index contributed by atoms with van der Waals surface area (Å²) in [5.74, 6) is 0.179. The number of nitrogens with one attached hydrogen (secondary N) is 1. The molecule has 0 radical (unpaired) electrons. The first-order valence-corrected chi connectivity index (χ1v) is 7.80. The van der Waals surface area contributed by atoms with Crippen LogP contribution < -0.4 is 5.32 Å². The van der Waals surface area contributed by atoms with E-state index in [1.807, 2.05) is 36.4 Å². The van der Waals surface area contributed by atoms with Crippen LogP contribution in [0.3, 0.4) is 0 Å². The summed E-state index contributed by atoms with van der Waals surface area (Å²) in [4.78, 5) is 12.4. The Morgan fingerprint density at radius 3 is 2.14 bits per heavy atom. The summed E-state index contributed by atoms with van der Waals surface area (Å²) in [5, 5.41) is 3.08. The minimum atomic E-state index is 0.0877. The molecule has 1 amide bonds. The van der Waals surface area contributed by atoms with Gasteiger partial charge in [0.05, 0.1) is 12.6 Å². The summed E-state index contributed by atoms with van der Waals surface area (Å²) < 4.78 is 5.32. The third kappa shape index (κ3) is 3.74. The Kier molecular flexibility index (Phi) is 4.86. The lowest BCUT2D eigenvalue weighted by atomic mass is 9.88. The van der Waals surface area contributed by atoms with E-state index in [1.54, 1.807) is 0 Å². The molecule has 0 aromatic heterocycles. The van der Waals surface area contributed by atoms with Gasteiger partial charge in [0, 0.05) is 18.9 Å². The van der Waals surface area contributed by atoms with Crippen molar-refractivity contribution in [2.24, 2.45) is 0 Å². The summed E-state index contributed by atoms with van der Waals surface area (Å²) in [5.41, 5.74) is 2.35. The van der Waals surface area contributed by atoms with E-state index in [0.29, 0.717) is 13.0 Å². The van der Waals surface area contributed by atoms with Crippen molar-refractivity contribution in [3.63, 3.8) is 0 Å². The van der Waals surface area contributed by atoms with Crippen molar-refractivity contribution in [1.82, 2.24) is 5.32 Å². The zero-order chi connectivity index (χ0) is 15.2. The molecule has 1 saturated heterocycles. The van der Waals surface area contributed by atoms with Gasteiger partial charge in [-0.3, -0.25) is 4.79 Å². The molecule has 1 aliphatic rings. The maximum Gasteiger partial charge on any atom is 0.221 e. The second-order valence-corrected chi connectivity index (χ2v) is 5.71. The molecule has 1 N–H and O–H groups in total. The van der Waals surface area contributed by atoms with Crippen LogP contribution in [0, 0.1) is 0 Å². The molecule has 3 heteroatoms. The van der Waals surface area contributed by atoms with Crippen molar-refractivity contribution in [3.8, 4) is 0 Å². The summed E-state index contributed by atoms with van der Waals surface area (Å²) in [6.45, 7) is 1.37. The molecule has 0 unspecified atom stereocenters. The SMILES string of the molecule is O=C(CC(c1ccccc1)c1ccccc1)N[C@@H]1CCOC1. The average Bonchev–Trinajstić information content (AvgIpc) is 3.07. The highest BCUT2D eigenvalue weighted by Gasteiger charge is 2.22. The highest BCUT2D eigenvalue weighted by molar-refractivity contribution is 5.78. The van der Waals surface area contributed by atoms with Crippen molar-refractivity contribution < 1.29 is 9.53 Å². The molecule has 2 aromatic rings. The first-order chi connectivity index (χ1) is 10.8.